The third kappa shape index (κ3) is 4.81. The first-order valence-corrected chi connectivity index (χ1v) is 10.6. The zero-order valence-corrected chi connectivity index (χ0v) is 16.7. The Morgan fingerprint density at radius 2 is 1.75 bits per heavy atom. The Hall–Kier alpha value is -1.38. The number of anilines is 1. The molecular weight excluding hydrogens is 412 g/mol. The highest BCUT2D eigenvalue weighted by Crippen LogP contribution is 2.27. The third-order valence-corrected chi connectivity index (χ3v) is 6.99. The predicted octanol–water partition coefficient (Wildman–Crippen LogP) is 3.72. The van der Waals surface area contributed by atoms with E-state index in [0.29, 0.717) is 25.2 Å². The molecule has 1 amide bonds. The summed E-state index contributed by atoms with van der Waals surface area (Å²) >= 11 is 4.41. The van der Waals surface area contributed by atoms with Crippen molar-refractivity contribution in [3.8, 4) is 0 Å². The van der Waals surface area contributed by atoms with E-state index in [1.807, 2.05) is 13.8 Å². The van der Waals surface area contributed by atoms with E-state index < -0.39 is 10.0 Å². The second-order valence-corrected chi connectivity index (χ2v) is 9.48. The van der Waals surface area contributed by atoms with Gasteiger partial charge in [0.25, 0.3) is 10.0 Å². The largest absolute Gasteiger partial charge is 0.343 e. The summed E-state index contributed by atoms with van der Waals surface area (Å²) in [5.41, 5.74) is 1.33. The lowest BCUT2D eigenvalue weighted by Gasteiger charge is -2.18. The van der Waals surface area contributed by atoms with Crippen LogP contribution in [-0.4, -0.2) is 32.3 Å². The van der Waals surface area contributed by atoms with Gasteiger partial charge in [-0.15, -0.1) is 11.3 Å². The highest BCUT2D eigenvalue weighted by molar-refractivity contribution is 9.11. The summed E-state index contributed by atoms with van der Waals surface area (Å²) in [5, 5.41) is 0. The molecule has 2 rings (SSSR count). The van der Waals surface area contributed by atoms with Gasteiger partial charge >= 0.3 is 0 Å². The first-order chi connectivity index (χ1) is 11.4. The highest BCUT2D eigenvalue weighted by atomic mass is 79.9. The van der Waals surface area contributed by atoms with E-state index in [1.54, 1.807) is 41.3 Å². The summed E-state index contributed by atoms with van der Waals surface area (Å²) in [6.07, 6.45) is 0.312. The van der Waals surface area contributed by atoms with Gasteiger partial charge in [0.15, 0.2) is 0 Å². The fourth-order valence-corrected chi connectivity index (χ4v) is 5.27. The van der Waals surface area contributed by atoms with Gasteiger partial charge in [-0.1, -0.05) is 12.1 Å². The quantitative estimate of drug-likeness (QED) is 0.727. The number of thiophene rings is 1. The van der Waals surface area contributed by atoms with E-state index in [9.17, 15) is 13.2 Å². The Balaban J connectivity index is 2.06. The minimum Gasteiger partial charge on any atom is -0.343 e. The monoisotopic (exact) mass is 430 g/mol. The van der Waals surface area contributed by atoms with Crippen LogP contribution < -0.4 is 4.72 Å². The normalized spacial score (nSPS) is 11.3. The lowest BCUT2D eigenvalue weighted by Crippen LogP contribution is -2.31. The Kier molecular flexibility index (Phi) is 6.42. The standard InChI is InChI=1S/C16H19BrN2O3S2/c1-3-19(4-2)15(20)11-12-5-7-13(8-6-12)18-24(21,22)16-10-9-14(17)23-16/h5-10,18H,3-4,11H2,1-2H3. The van der Waals surface area contributed by atoms with Crippen LogP contribution in [0, 0.1) is 0 Å². The maximum Gasteiger partial charge on any atom is 0.271 e. The predicted molar refractivity (Wildman–Crippen MR) is 101 cm³/mol. The zero-order valence-electron chi connectivity index (χ0n) is 13.5. The SMILES string of the molecule is CCN(CC)C(=O)Cc1ccc(NS(=O)(=O)c2ccc(Br)s2)cc1. The molecule has 1 N–H and O–H groups in total. The molecule has 2 aromatic rings. The van der Waals surface area contributed by atoms with Crippen LogP contribution in [0.1, 0.15) is 19.4 Å². The molecule has 0 saturated heterocycles. The van der Waals surface area contributed by atoms with Crippen molar-refractivity contribution in [1.82, 2.24) is 4.90 Å². The van der Waals surface area contributed by atoms with E-state index in [0.717, 1.165) is 20.7 Å². The summed E-state index contributed by atoms with van der Waals surface area (Å²) in [6, 6.07) is 10.1. The van der Waals surface area contributed by atoms with Crippen LogP contribution in [0.25, 0.3) is 0 Å². The topological polar surface area (TPSA) is 66.5 Å². The summed E-state index contributed by atoms with van der Waals surface area (Å²) in [4.78, 5) is 13.9. The van der Waals surface area contributed by atoms with Gasteiger partial charge < -0.3 is 4.90 Å². The first kappa shape index (κ1) is 19.0. The smallest absolute Gasteiger partial charge is 0.271 e. The highest BCUT2D eigenvalue weighted by Gasteiger charge is 2.17. The van der Waals surface area contributed by atoms with E-state index in [4.69, 9.17) is 0 Å². The second-order valence-electron chi connectivity index (χ2n) is 5.10. The number of benzene rings is 1. The van der Waals surface area contributed by atoms with Gasteiger partial charge in [-0.3, -0.25) is 9.52 Å². The molecule has 1 aromatic heterocycles. The average molecular weight is 431 g/mol. The van der Waals surface area contributed by atoms with Crippen LogP contribution in [0.3, 0.4) is 0 Å². The fraction of sp³-hybridized carbons (Fsp3) is 0.312. The number of nitrogens with one attached hydrogen (secondary N) is 1. The summed E-state index contributed by atoms with van der Waals surface area (Å²) in [5.74, 6) is 0.0665. The van der Waals surface area contributed by atoms with Crippen molar-refractivity contribution in [3.05, 3.63) is 45.7 Å². The molecule has 1 heterocycles. The maximum absolute atomic E-state index is 12.3. The second kappa shape index (κ2) is 8.13. The summed E-state index contributed by atoms with van der Waals surface area (Å²) in [6.45, 7) is 5.26. The number of likely N-dealkylation sites (N-methyl/N-ethyl adjacent to an activating group) is 1. The van der Waals surface area contributed by atoms with Crippen molar-refractivity contribution < 1.29 is 13.2 Å². The van der Waals surface area contributed by atoms with Crippen molar-refractivity contribution in [2.75, 3.05) is 17.8 Å². The van der Waals surface area contributed by atoms with Crippen molar-refractivity contribution in [1.29, 1.82) is 0 Å². The molecule has 0 aliphatic rings. The van der Waals surface area contributed by atoms with Crippen LogP contribution in [-0.2, 0) is 21.2 Å². The number of hydrogen-bond acceptors (Lipinski definition) is 4. The van der Waals surface area contributed by atoms with Gasteiger partial charge in [-0.05, 0) is 59.6 Å². The molecule has 0 saturated carbocycles. The maximum atomic E-state index is 12.3. The molecule has 0 unspecified atom stereocenters. The minimum absolute atomic E-state index is 0.0665. The lowest BCUT2D eigenvalue weighted by molar-refractivity contribution is -0.130. The van der Waals surface area contributed by atoms with Crippen molar-refractivity contribution in [2.24, 2.45) is 0 Å². The van der Waals surface area contributed by atoms with Crippen molar-refractivity contribution in [2.45, 2.75) is 24.5 Å². The number of rotatable bonds is 7. The minimum atomic E-state index is -3.59. The lowest BCUT2D eigenvalue weighted by atomic mass is 10.1. The number of carbonyl (C=O) groups is 1. The molecule has 0 atom stereocenters. The van der Waals surface area contributed by atoms with Crippen LogP contribution in [0.5, 0.6) is 0 Å². The Morgan fingerprint density at radius 3 is 2.25 bits per heavy atom. The third-order valence-electron chi connectivity index (χ3n) is 3.49. The van der Waals surface area contributed by atoms with E-state index in [1.165, 1.54) is 0 Å². The molecule has 130 valence electrons. The molecule has 0 radical (unpaired) electrons. The molecule has 24 heavy (non-hydrogen) atoms. The van der Waals surface area contributed by atoms with Crippen molar-refractivity contribution >= 4 is 48.9 Å². The van der Waals surface area contributed by atoms with Gasteiger partial charge in [0.2, 0.25) is 5.91 Å². The van der Waals surface area contributed by atoms with Gasteiger partial charge in [-0.25, -0.2) is 8.42 Å². The zero-order chi connectivity index (χ0) is 17.7. The van der Waals surface area contributed by atoms with Crippen LogP contribution in [0.4, 0.5) is 5.69 Å². The molecule has 0 aliphatic carbocycles. The number of nitrogens with zero attached hydrogens (tertiary/aromatic N) is 1. The molecule has 1 aromatic carbocycles. The molecule has 5 nitrogen and oxygen atoms in total. The number of carbonyl (C=O) groups excluding carboxylic acids is 1. The number of halogens is 1. The summed E-state index contributed by atoms with van der Waals surface area (Å²) < 4.78 is 28.1. The van der Waals surface area contributed by atoms with E-state index in [-0.39, 0.29) is 10.1 Å². The van der Waals surface area contributed by atoms with E-state index in [2.05, 4.69) is 20.7 Å². The van der Waals surface area contributed by atoms with Gasteiger partial charge in [0.05, 0.1) is 10.2 Å². The van der Waals surface area contributed by atoms with Gasteiger partial charge in [0, 0.05) is 18.8 Å². The molecule has 0 aliphatic heterocycles. The van der Waals surface area contributed by atoms with E-state index >= 15 is 0 Å². The van der Waals surface area contributed by atoms with Gasteiger partial charge in [-0.2, -0.15) is 0 Å². The first-order valence-electron chi connectivity index (χ1n) is 7.50. The number of amides is 1. The average Bonchev–Trinajstić information content (AvgIpc) is 2.98. The number of sulfonamides is 1. The molecule has 0 fully saturated rings. The molecular formula is C16H19BrN2O3S2. The van der Waals surface area contributed by atoms with Crippen LogP contribution >= 0.6 is 27.3 Å². The number of hydrogen-bond donors (Lipinski definition) is 1. The Morgan fingerprint density at radius 1 is 1.12 bits per heavy atom. The molecule has 0 spiro atoms. The Bertz CT molecular complexity index is 797. The molecule has 0 bridgehead atoms. The Labute approximate surface area is 154 Å². The van der Waals surface area contributed by atoms with Gasteiger partial charge in [0.1, 0.15) is 4.21 Å². The van der Waals surface area contributed by atoms with Crippen molar-refractivity contribution in [3.63, 3.8) is 0 Å². The summed E-state index contributed by atoms with van der Waals surface area (Å²) in [7, 11) is -3.59. The fourth-order valence-electron chi connectivity index (χ4n) is 2.20. The van der Waals surface area contributed by atoms with Crippen LogP contribution in [0.2, 0.25) is 0 Å². The molecule has 8 heteroatoms. The van der Waals surface area contributed by atoms with Crippen LogP contribution in [0.15, 0.2) is 44.4 Å².